The maximum absolute atomic E-state index is 13.5. The summed E-state index contributed by atoms with van der Waals surface area (Å²) in [7, 11) is -3.62. The molecule has 0 bridgehead atoms. The molecule has 1 amide bonds. The highest BCUT2D eigenvalue weighted by Crippen LogP contribution is 2.29. The third-order valence-electron chi connectivity index (χ3n) is 6.33. The molecule has 1 saturated heterocycles. The molecule has 1 fully saturated rings. The maximum atomic E-state index is 13.5. The number of rotatable bonds is 5. The molecule has 0 radical (unpaired) electrons. The number of aromatic nitrogens is 2. The van der Waals surface area contributed by atoms with Crippen LogP contribution in [-0.4, -0.2) is 59.5 Å². The Bertz CT molecular complexity index is 1070. The molecular weight excluding hydrogens is 412 g/mol. The lowest BCUT2D eigenvalue weighted by molar-refractivity contribution is 0.0685. The highest BCUT2D eigenvalue weighted by atomic mass is 32.2. The molecule has 1 aliphatic heterocycles. The predicted octanol–water partition coefficient (Wildman–Crippen LogP) is 3.41. The SMILES string of the molecule is CCn1nc(C(C)C)cc1C(=O)N1CCN(S(=O)(=O)c2c(C)c(C)cc(C)c2C)CC1. The van der Waals surface area contributed by atoms with Gasteiger partial charge >= 0.3 is 0 Å². The molecule has 1 aromatic carbocycles. The Labute approximate surface area is 186 Å². The van der Waals surface area contributed by atoms with Gasteiger partial charge in [0.15, 0.2) is 0 Å². The van der Waals surface area contributed by atoms with Gasteiger partial charge in [0.1, 0.15) is 5.69 Å². The Morgan fingerprint density at radius 3 is 2.03 bits per heavy atom. The number of sulfonamides is 1. The van der Waals surface area contributed by atoms with Crippen LogP contribution in [0.3, 0.4) is 0 Å². The number of carbonyl (C=O) groups excluding carboxylic acids is 1. The van der Waals surface area contributed by atoms with Gasteiger partial charge in [-0.3, -0.25) is 9.48 Å². The first-order valence-electron chi connectivity index (χ1n) is 10.9. The molecule has 0 unspecified atom stereocenters. The van der Waals surface area contributed by atoms with Crippen molar-refractivity contribution in [1.82, 2.24) is 19.0 Å². The summed E-state index contributed by atoms with van der Waals surface area (Å²) in [4.78, 5) is 15.3. The van der Waals surface area contributed by atoms with E-state index in [1.165, 1.54) is 4.31 Å². The minimum atomic E-state index is -3.62. The summed E-state index contributed by atoms with van der Waals surface area (Å²) in [5.41, 5.74) is 5.02. The van der Waals surface area contributed by atoms with Crippen molar-refractivity contribution < 1.29 is 13.2 Å². The van der Waals surface area contributed by atoms with Gasteiger partial charge in [0, 0.05) is 32.7 Å². The van der Waals surface area contributed by atoms with E-state index in [-0.39, 0.29) is 24.9 Å². The van der Waals surface area contributed by atoms with Crippen LogP contribution in [0.5, 0.6) is 0 Å². The zero-order chi connectivity index (χ0) is 23.1. The van der Waals surface area contributed by atoms with E-state index < -0.39 is 10.0 Å². The van der Waals surface area contributed by atoms with Crippen LogP contribution >= 0.6 is 0 Å². The Morgan fingerprint density at radius 2 is 1.55 bits per heavy atom. The number of aryl methyl sites for hydroxylation is 3. The van der Waals surface area contributed by atoms with Crippen LogP contribution in [0.1, 0.15) is 65.1 Å². The number of nitrogens with zero attached hydrogens (tertiary/aromatic N) is 4. The molecule has 2 aromatic rings. The molecule has 8 heteroatoms. The van der Waals surface area contributed by atoms with Gasteiger partial charge in [0.25, 0.3) is 5.91 Å². The van der Waals surface area contributed by atoms with Crippen molar-refractivity contribution in [2.75, 3.05) is 26.2 Å². The molecular formula is C23H34N4O3S. The van der Waals surface area contributed by atoms with E-state index in [1.54, 1.807) is 9.58 Å². The summed E-state index contributed by atoms with van der Waals surface area (Å²) < 4.78 is 30.2. The summed E-state index contributed by atoms with van der Waals surface area (Å²) in [6, 6.07) is 3.89. The predicted molar refractivity (Wildman–Crippen MR) is 122 cm³/mol. The van der Waals surface area contributed by atoms with Gasteiger partial charge in [-0.05, 0) is 68.9 Å². The van der Waals surface area contributed by atoms with E-state index >= 15 is 0 Å². The molecule has 170 valence electrons. The van der Waals surface area contributed by atoms with Crippen LogP contribution in [0.4, 0.5) is 0 Å². The summed E-state index contributed by atoms with van der Waals surface area (Å²) in [5.74, 6) is 0.155. The second-order valence-electron chi connectivity index (χ2n) is 8.71. The van der Waals surface area contributed by atoms with Gasteiger partial charge in [-0.15, -0.1) is 0 Å². The second kappa shape index (κ2) is 8.74. The third kappa shape index (κ3) is 4.28. The van der Waals surface area contributed by atoms with Crippen LogP contribution < -0.4 is 0 Å². The van der Waals surface area contributed by atoms with E-state index in [0.717, 1.165) is 27.9 Å². The zero-order valence-corrected chi connectivity index (χ0v) is 20.5. The number of piperazine rings is 1. The van der Waals surface area contributed by atoms with Crippen molar-refractivity contribution >= 4 is 15.9 Å². The van der Waals surface area contributed by atoms with Crippen LogP contribution in [-0.2, 0) is 16.6 Å². The van der Waals surface area contributed by atoms with Crippen molar-refractivity contribution in [2.24, 2.45) is 0 Å². The zero-order valence-electron chi connectivity index (χ0n) is 19.7. The fourth-order valence-corrected chi connectivity index (χ4v) is 6.12. The fourth-order valence-electron chi connectivity index (χ4n) is 4.12. The molecule has 0 spiro atoms. The second-order valence-corrected chi connectivity index (χ2v) is 10.6. The molecule has 7 nitrogen and oxygen atoms in total. The molecule has 0 aliphatic carbocycles. The molecule has 0 N–H and O–H groups in total. The smallest absolute Gasteiger partial charge is 0.272 e. The molecule has 31 heavy (non-hydrogen) atoms. The van der Waals surface area contributed by atoms with E-state index in [2.05, 4.69) is 18.9 Å². The monoisotopic (exact) mass is 446 g/mol. The van der Waals surface area contributed by atoms with Gasteiger partial charge in [-0.25, -0.2) is 8.42 Å². The lowest BCUT2D eigenvalue weighted by Crippen LogP contribution is -2.51. The lowest BCUT2D eigenvalue weighted by atomic mass is 10.0. The molecule has 1 aromatic heterocycles. The summed E-state index contributed by atoms with van der Waals surface area (Å²) >= 11 is 0. The number of hydrogen-bond donors (Lipinski definition) is 0. The Balaban J connectivity index is 1.81. The average Bonchev–Trinajstić information content (AvgIpc) is 3.17. The molecule has 3 rings (SSSR count). The van der Waals surface area contributed by atoms with Gasteiger partial charge in [0.05, 0.1) is 10.6 Å². The van der Waals surface area contributed by atoms with Crippen molar-refractivity contribution in [2.45, 2.75) is 65.8 Å². The quantitative estimate of drug-likeness (QED) is 0.705. The number of benzene rings is 1. The fraction of sp³-hybridized carbons (Fsp3) is 0.565. The van der Waals surface area contributed by atoms with Crippen molar-refractivity contribution in [3.63, 3.8) is 0 Å². The number of hydrogen-bond acceptors (Lipinski definition) is 4. The topological polar surface area (TPSA) is 75.5 Å². The molecule has 1 aliphatic rings. The van der Waals surface area contributed by atoms with E-state index in [1.807, 2.05) is 46.8 Å². The van der Waals surface area contributed by atoms with Crippen LogP contribution in [0, 0.1) is 27.7 Å². The maximum Gasteiger partial charge on any atom is 0.272 e. The van der Waals surface area contributed by atoms with E-state index in [0.29, 0.717) is 30.2 Å². The number of amides is 1. The number of carbonyl (C=O) groups is 1. The first-order chi connectivity index (χ1) is 14.5. The van der Waals surface area contributed by atoms with Gasteiger partial charge in [0.2, 0.25) is 10.0 Å². The summed E-state index contributed by atoms with van der Waals surface area (Å²) in [5, 5.41) is 4.54. The lowest BCUT2D eigenvalue weighted by Gasteiger charge is -2.34. The van der Waals surface area contributed by atoms with Gasteiger partial charge in [-0.1, -0.05) is 19.9 Å². The van der Waals surface area contributed by atoms with E-state index in [9.17, 15) is 13.2 Å². The van der Waals surface area contributed by atoms with Gasteiger partial charge in [-0.2, -0.15) is 9.40 Å². The first-order valence-corrected chi connectivity index (χ1v) is 12.4. The third-order valence-corrected chi connectivity index (χ3v) is 8.50. The Morgan fingerprint density at radius 1 is 1.00 bits per heavy atom. The highest BCUT2D eigenvalue weighted by molar-refractivity contribution is 7.89. The van der Waals surface area contributed by atoms with Crippen LogP contribution in [0.15, 0.2) is 17.0 Å². The highest BCUT2D eigenvalue weighted by Gasteiger charge is 2.34. The Hall–Kier alpha value is -2.19. The van der Waals surface area contributed by atoms with Crippen LogP contribution in [0.2, 0.25) is 0 Å². The standard InChI is InChI=1S/C23H34N4O3S/c1-8-27-21(14-20(24-27)15(2)3)23(28)25-9-11-26(12-10-25)31(29,30)22-18(6)16(4)13-17(5)19(22)7/h13-15H,8-12H2,1-7H3. The minimum Gasteiger partial charge on any atom is -0.335 e. The van der Waals surface area contributed by atoms with Crippen molar-refractivity contribution in [3.05, 3.63) is 45.8 Å². The van der Waals surface area contributed by atoms with Gasteiger partial charge < -0.3 is 4.90 Å². The first kappa shape index (κ1) is 23.5. The largest absolute Gasteiger partial charge is 0.335 e. The summed E-state index contributed by atoms with van der Waals surface area (Å²) in [6.45, 7) is 15.6. The Kier molecular flexibility index (Phi) is 6.62. The molecule has 2 heterocycles. The van der Waals surface area contributed by atoms with E-state index in [4.69, 9.17) is 0 Å². The average molecular weight is 447 g/mol. The molecule has 0 saturated carbocycles. The van der Waals surface area contributed by atoms with Crippen LogP contribution in [0.25, 0.3) is 0 Å². The normalized spacial score (nSPS) is 15.7. The van der Waals surface area contributed by atoms with Crippen molar-refractivity contribution in [1.29, 1.82) is 0 Å². The van der Waals surface area contributed by atoms with Crippen molar-refractivity contribution in [3.8, 4) is 0 Å². The minimum absolute atomic E-state index is 0.0861. The molecule has 0 atom stereocenters. The summed E-state index contributed by atoms with van der Waals surface area (Å²) in [6.07, 6.45) is 0.